The molecule has 1 amide bonds. The number of aromatic nitrogens is 1. The number of hydrogen-bond donors (Lipinski definition) is 2. The van der Waals surface area contributed by atoms with Crippen LogP contribution >= 0.6 is 0 Å². The second kappa shape index (κ2) is 6.86. The first-order chi connectivity index (χ1) is 10.8. The highest BCUT2D eigenvalue weighted by molar-refractivity contribution is 6.00. The van der Waals surface area contributed by atoms with Crippen LogP contribution < -0.4 is 16.5 Å². The first-order valence-corrected chi connectivity index (χ1v) is 8.04. The van der Waals surface area contributed by atoms with Gasteiger partial charge in [0.15, 0.2) is 0 Å². The van der Waals surface area contributed by atoms with Gasteiger partial charge in [0.1, 0.15) is 5.56 Å². The molecule has 2 aromatic rings. The lowest BCUT2D eigenvalue weighted by Gasteiger charge is -2.17. The molecule has 0 radical (unpaired) electrons. The molecular weight excluding hydrogens is 290 g/mol. The van der Waals surface area contributed by atoms with Crippen LogP contribution in [0, 0.1) is 5.92 Å². The van der Waals surface area contributed by atoms with E-state index in [1.54, 1.807) is 12.3 Å². The summed E-state index contributed by atoms with van der Waals surface area (Å²) in [6.07, 6.45) is 2.51. The molecule has 124 valence electrons. The Morgan fingerprint density at radius 3 is 2.57 bits per heavy atom. The Bertz CT molecular complexity index is 776. The number of nitrogens with zero attached hydrogens (tertiary/aromatic N) is 1. The van der Waals surface area contributed by atoms with Crippen LogP contribution in [0.1, 0.15) is 50.5 Å². The van der Waals surface area contributed by atoms with Crippen LogP contribution in [0.15, 0.2) is 29.2 Å². The molecule has 1 heterocycles. The number of rotatable bonds is 5. The van der Waals surface area contributed by atoms with Crippen molar-refractivity contribution in [2.45, 2.75) is 40.2 Å². The van der Waals surface area contributed by atoms with E-state index in [0.29, 0.717) is 23.5 Å². The standard InChI is InChI=1S/C18H25N3O2/c1-11(2)8-9-20-18(23)13-10-21(12(3)4)15-7-5-6-14(19)16(15)17(13)22/h5-7,10-12H,8-9,19H2,1-4H3,(H,20,23). The van der Waals surface area contributed by atoms with Gasteiger partial charge < -0.3 is 15.6 Å². The Balaban J connectivity index is 2.52. The minimum atomic E-state index is -0.338. The zero-order valence-electron chi connectivity index (χ0n) is 14.2. The van der Waals surface area contributed by atoms with Gasteiger partial charge in [0, 0.05) is 24.5 Å². The summed E-state index contributed by atoms with van der Waals surface area (Å²) in [6, 6.07) is 5.47. The van der Waals surface area contributed by atoms with Crippen molar-refractivity contribution in [3.63, 3.8) is 0 Å². The van der Waals surface area contributed by atoms with E-state index in [2.05, 4.69) is 19.2 Å². The van der Waals surface area contributed by atoms with Crippen molar-refractivity contribution in [1.29, 1.82) is 0 Å². The van der Waals surface area contributed by atoms with E-state index in [0.717, 1.165) is 11.9 Å². The van der Waals surface area contributed by atoms with Crippen LogP contribution in [0.25, 0.3) is 10.9 Å². The summed E-state index contributed by atoms with van der Waals surface area (Å²) in [7, 11) is 0. The Hall–Kier alpha value is -2.30. The van der Waals surface area contributed by atoms with Gasteiger partial charge in [-0.1, -0.05) is 19.9 Å². The number of hydrogen-bond acceptors (Lipinski definition) is 3. The van der Waals surface area contributed by atoms with Gasteiger partial charge in [-0.05, 0) is 38.3 Å². The molecule has 5 nitrogen and oxygen atoms in total. The number of nitrogens with one attached hydrogen (secondary N) is 1. The van der Waals surface area contributed by atoms with Gasteiger partial charge in [-0.2, -0.15) is 0 Å². The highest BCUT2D eigenvalue weighted by Crippen LogP contribution is 2.21. The molecule has 0 aliphatic rings. The lowest BCUT2D eigenvalue weighted by atomic mass is 10.1. The maximum atomic E-state index is 12.7. The van der Waals surface area contributed by atoms with Gasteiger partial charge in [-0.25, -0.2) is 0 Å². The maximum Gasteiger partial charge on any atom is 0.256 e. The van der Waals surface area contributed by atoms with Crippen LogP contribution in [0.2, 0.25) is 0 Å². The minimum Gasteiger partial charge on any atom is -0.398 e. The smallest absolute Gasteiger partial charge is 0.256 e. The van der Waals surface area contributed by atoms with Crippen LogP contribution in [-0.4, -0.2) is 17.0 Å². The fraction of sp³-hybridized carbons (Fsp3) is 0.444. The summed E-state index contributed by atoms with van der Waals surface area (Å²) in [6.45, 7) is 8.75. The van der Waals surface area contributed by atoms with Crippen molar-refractivity contribution in [2.75, 3.05) is 12.3 Å². The zero-order chi connectivity index (χ0) is 17.1. The van der Waals surface area contributed by atoms with Crippen molar-refractivity contribution < 1.29 is 4.79 Å². The monoisotopic (exact) mass is 315 g/mol. The number of carbonyl (C=O) groups excluding carboxylic acids is 1. The second-order valence-electron chi connectivity index (χ2n) is 6.55. The second-order valence-corrected chi connectivity index (χ2v) is 6.55. The van der Waals surface area contributed by atoms with Crippen LogP contribution in [0.5, 0.6) is 0 Å². The summed E-state index contributed by atoms with van der Waals surface area (Å²) < 4.78 is 1.92. The number of benzene rings is 1. The third-order valence-electron chi connectivity index (χ3n) is 3.90. The normalized spacial score (nSPS) is 11.4. The Morgan fingerprint density at radius 1 is 1.26 bits per heavy atom. The van der Waals surface area contributed by atoms with E-state index >= 15 is 0 Å². The summed E-state index contributed by atoms with van der Waals surface area (Å²) >= 11 is 0. The molecular formula is C18H25N3O2. The SMILES string of the molecule is CC(C)CCNC(=O)c1cn(C(C)C)c2cccc(N)c2c1=O. The number of carbonyl (C=O) groups is 1. The molecule has 0 bridgehead atoms. The molecule has 1 aromatic heterocycles. The lowest BCUT2D eigenvalue weighted by molar-refractivity contribution is 0.0950. The average molecular weight is 315 g/mol. The first kappa shape index (κ1) is 17.1. The number of nitrogens with two attached hydrogens (primary N) is 1. The Kier molecular flexibility index (Phi) is 5.08. The molecule has 1 aromatic carbocycles. The highest BCUT2D eigenvalue weighted by Gasteiger charge is 2.17. The molecule has 0 saturated carbocycles. The first-order valence-electron chi connectivity index (χ1n) is 8.04. The molecule has 5 heteroatoms. The Morgan fingerprint density at radius 2 is 1.96 bits per heavy atom. The minimum absolute atomic E-state index is 0.113. The number of pyridine rings is 1. The molecule has 3 N–H and O–H groups in total. The molecule has 0 aliphatic carbocycles. The quantitative estimate of drug-likeness (QED) is 0.833. The molecule has 2 rings (SSSR count). The fourth-order valence-corrected chi connectivity index (χ4v) is 2.58. The van der Waals surface area contributed by atoms with Crippen molar-refractivity contribution in [1.82, 2.24) is 9.88 Å². The average Bonchev–Trinajstić information content (AvgIpc) is 2.46. The van der Waals surface area contributed by atoms with Crippen molar-refractivity contribution in [3.8, 4) is 0 Å². The van der Waals surface area contributed by atoms with Crippen molar-refractivity contribution in [3.05, 3.63) is 40.2 Å². The maximum absolute atomic E-state index is 12.7. The number of nitrogen functional groups attached to an aromatic ring is 1. The highest BCUT2D eigenvalue weighted by atomic mass is 16.2. The molecule has 0 spiro atoms. The molecule has 0 atom stereocenters. The van der Waals surface area contributed by atoms with E-state index in [-0.39, 0.29) is 22.9 Å². The summed E-state index contributed by atoms with van der Waals surface area (Å²) in [4.78, 5) is 25.1. The van der Waals surface area contributed by atoms with Gasteiger partial charge >= 0.3 is 0 Å². The third kappa shape index (κ3) is 3.55. The number of amides is 1. The third-order valence-corrected chi connectivity index (χ3v) is 3.90. The van der Waals surface area contributed by atoms with Gasteiger partial charge in [-0.15, -0.1) is 0 Å². The molecule has 0 aliphatic heterocycles. The van der Waals surface area contributed by atoms with E-state index in [9.17, 15) is 9.59 Å². The van der Waals surface area contributed by atoms with Crippen molar-refractivity contribution >= 4 is 22.5 Å². The predicted octanol–water partition coefficient (Wildman–Crippen LogP) is 2.94. The van der Waals surface area contributed by atoms with Gasteiger partial charge in [0.05, 0.1) is 10.9 Å². The zero-order valence-corrected chi connectivity index (χ0v) is 14.2. The topological polar surface area (TPSA) is 77.1 Å². The Labute approximate surface area is 136 Å². The molecule has 0 fully saturated rings. The molecule has 0 unspecified atom stereocenters. The van der Waals surface area contributed by atoms with E-state index in [1.165, 1.54) is 0 Å². The van der Waals surface area contributed by atoms with Gasteiger partial charge in [0.25, 0.3) is 5.91 Å². The molecule has 0 saturated heterocycles. The van der Waals surface area contributed by atoms with E-state index < -0.39 is 0 Å². The molecule has 23 heavy (non-hydrogen) atoms. The summed E-state index contributed by atoms with van der Waals surface area (Å²) in [5.41, 5.74) is 6.98. The lowest BCUT2D eigenvalue weighted by Crippen LogP contribution is -2.31. The number of fused-ring (bicyclic) bond motifs is 1. The fourth-order valence-electron chi connectivity index (χ4n) is 2.58. The van der Waals surface area contributed by atoms with Gasteiger partial charge in [0.2, 0.25) is 5.43 Å². The van der Waals surface area contributed by atoms with Crippen LogP contribution in [-0.2, 0) is 0 Å². The summed E-state index contributed by atoms with van der Waals surface area (Å²) in [5, 5.41) is 3.24. The van der Waals surface area contributed by atoms with E-state index in [4.69, 9.17) is 5.73 Å². The summed E-state index contributed by atoms with van der Waals surface area (Å²) in [5.74, 6) is 0.157. The van der Waals surface area contributed by atoms with Crippen LogP contribution in [0.4, 0.5) is 5.69 Å². The largest absolute Gasteiger partial charge is 0.398 e. The predicted molar refractivity (Wildman–Crippen MR) is 94.8 cm³/mol. The van der Waals surface area contributed by atoms with Gasteiger partial charge in [-0.3, -0.25) is 9.59 Å². The van der Waals surface area contributed by atoms with Crippen molar-refractivity contribution in [2.24, 2.45) is 5.92 Å². The van der Waals surface area contributed by atoms with Crippen LogP contribution in [0.3, 0.4) is 0 Å². The number of anilines is 1. The van der Waals surface area contributed by atoms with E-state index in [1.807, 2.05) is 30.5 Å².